The van der Waals surface area contributed by atoms with Gasteiger partial charge in [0, 0.05) is 6.20 Å². The highest BCUT2D eigenvalue weighted by atomic mass is 14.7. The summed E-state index contributed by atoms with van der Waals surface area (Å²) in [7, 11) is 0. The van der Waals surface area contributed by atoms with E-state index in [4.69, 9.17) is 5.73 Å². The van der Waals surface area contributed by atoms with E-state index in [0.29, 0.717) is 5.69 Å². The minimum absolute atomic E-state index is 0.667. The monoisotopic (exact) mass is 121 g/mol. The van der Waals surface area contributed by atoms with Crippen LogP contribution < -0.4 is 5.73 Å². The molecule has 0 aliphatic carbocycles. The third kappa shape index (κ3) is 1.19. The second kappa shape index (κ2) is 2.49. The summed E-state index contributed by atoms with van der Waals surface area (Å²) in [6, 6.07) is 1.91. The van der Waals surface area contributed by atoms with Gasteiger partial charge in [-0.3, -0.25) is 4.98 Å². The van der Waals surface area contributed by atoms with E-state index in [2.05, 4.69) is 18.1 Å². The molecule has 1 aromatic rings. The standard InChI is InChI=1S/C7H9N2/c1-2-6-3-4-9-5-7(6)8/h3-4H,2,8H2,1H3. The largest absolute Gasteiger partial charge is 0.397 e. The van der Waals surface area contributed by atoms with E-state index in [1.165, 1.54) is 0 Å². The first kappa shape index (κ1) is 6.08. The number of nitrogens with two attached hydrogens (primary N) is 1. The molecule has 0 aliphatic heterocycles. The van der Waals surface area contributed by atoms with Crippen LogP contribution >= 0.6 is 0 Å². The molecule has 0 aliphatic rings. The van der Waals surface area contributed by atoms with Crippen molar-refractivity contribution in [1.82, 2.24) is 4.98 Å². The summed E-state index contributed by atoms with van der Waals surface area (Å²) in [6.07, 6.45) is 5.33. The van der Waals surface area contributed by atoms with Crippen LogP contribution in [0.2, 0.25) is 0 Å². The van der Waals surface area contributed by atoms with Crippen molar-refractivity contribution in [2.45, 2.75) is 13.3 Å². The van der Waals surface area contributed by atoms with E-state index in [1.807, 2.05) is 6.07 Å². The van der Waals surface area contributed by atoms with Gasteiger partial charge in [-0.25, -0.2) is 0 Å². The maximum Gasteiger partial charge on any atom is 0.114 e. The van der Waals surface area contributed by atoms with Crippen LogP contribution in [-0.2, 0) is 6.42 Å². The van der Waals surface area contributed by atoms with Crippen molar-refractivity contribution in [2.24, 2.45) is 0 Å². The minimum atomic E-state index is 0.667. The average Bonchev–Trinajstić information content (AvgIpc) is 1.89. The van der Waals surface area contributed by atoms with Crippen molar-refractivity contribution in [2.75, 3.05) is 5.73 Å². The zero-order chi connectivity index (χ0) is 6.69. The number of aryl methyl sites for hydroxylation is 1. The molecule has 2 nitrogen and oxygen atoms in total. The van der Waals surface area contributed by atoms with Crippen LogP contribution in [0.5, 0.6) is 0 Å². The molecule has 0 amide bonds. The number of rotatable bonds is 1. The molecule has 1 heterocycles. The summed E-state index contributed by atoms with van der Waals surface area (Å²) < 4.78 is 0. The molecule has 0 fully saturated rings. The van der Waals surface area contributed by atoms with Gasteiger partial charge >= 0.3 is 0 Å². The molecule has 0 bridgehead atoms. The van der Waals surface area contributed by atoms with Crippen LogP contribution in [0.25, 0.3) is 0 Å². The molecule has 2 N–H and O–H groups in total. The van der Waals surface area contributed by atoms with Gasteiger partial charge < -0.3 is 5.73 Å². The average molecular weight is 121 g/mol. The Hall–Kier alpha value is -1.05. The van der Waals surface area contributed by atoms with E-state index in [1.54, 1.807) is 6.20 Å². The fraction of sp³-hybridized carbons (Fsp3) is 0.286. The predicted octanol–water partition coefficient (Wildman–Crippen LogP) is 1.03. The summed E-state index contributed by atoms with van der Waals surface area (Å²) in [6.45, 7) is 2.06. The lowest BCUT2D eigenvalue weighted by Crippen LogP contribution is -1.92. The normalized spacial score (nSPS) is 9.44. The van der Waals surface area contributed by atoms with Crippen molar-refractivity contribution in [1.29, 1.82) is 0 Å². The summed E-state index contributed by atoms with van der Waals surface area (Å²) >= 11 is 0. The lowest BCUT2D eigenvalue weighted by atomic mass is 10.2. The van der Waals surface area contributed by atoms with Gasteiger partial charge in [0.25, 0.3) is 0 Å². The lowest BCUT2D eigenvalue weighted by Gasteiger charge is -1.96. The third-order valence-electron chi connectivity index (χ3n) is 1.26. The van der Waals surface area contributed by atoms with Gasteiger partial charge in [-0.15, -0.1) is 0 Å². The van der Waals surface area contributed by atoms with Gasteiger partial charge in [0.1, 0.15) is 6.20 Å². The minimum Gasteiger partial charge on any atom is -0.397 e. The van der Waals surface area contributed by atoms with E-state index >= 15 is 0 Å². The van der Waals surface area contributed by atoms with Crippen molar-refractivity contribution < 1.29 is 0 Å². The Morgan fingerprint density at radius 3 is 3.00 bits per heavy atom. The highest BCUT2D eigenvalue weighted by Crippen LogP contribution is 2.06. The quantitative estimate of drug-likeness (QED) is 0.602. The first-order valence-electron chi connectivity index (χ1n) is 2.95. The molecule has 0 spiro atoms. The zero-order valence-corrected chi connectivity index (χ0v) is 5.39. The highest BCUT2D eigenvalue weighted by Gasteiger charge is 1.92. The molecule has 9 heavy (non-hydrogen) atoms. The number of nitrogens with zero attached hydrogens (tertiary/aromatic N) is 1. The molecule has 1 rings (SSSR count). The van der Waals surface area contributed by atoms with Crippen LogP contribution in [-0.4, -0.2) is 4.98 Å². The predicted molar refractivity (Wildman–Crippen MR) is 36.9 cm³/mol. The second-order valence-electron chi connectivity index (χ2n) is 1.85. The molecule has 0 aromatic carbocycles. The van der Waals surface area contributed by atoms with Crippen LogP contribution in [0.15, 0.2) is 12.3 Å². The smallest absolute Gasteiger partial charge is 0.114 e. The summed E-state index contributed by atoms with van der Waals surface area (Å²) in [5.74, 6) is 0. The molecular formula is C7H9N2. The summed E-state index contributed by atoms with van der Waals surface area (Å²) in [4.78, 5) is 3.74. The Morgan fingerprint density at radius 2 is 2.56 bits per heavy atom. The Bertz CT molecular complexity index is 196. The Labute approximate surface area is 54.7 Å². The van der Waals surface area contributed by atoms with Crippen molar-refractivity contribution >= 4 is 5.69 Å². The second-order valence-corrected chi connectivity index (χ2v) is 1.85. The summed E-state index contributed by atoms with van der Waals surface area (Å²) in [5.41, 5.74) is 7.30. The number of aromatic nitrogens is 1. The fourth-order valence-electron chi connectivity index (χ4n) is 0.704. The van der Waals surface area contributed by atoms with Gasteiger partial charge in [0.05, 0.1) is 5.69 Å². The molecule has 0 atom stereocenters. The molecule has 47 valence electrons. The van der Waals surface area contributed by atoms with Gasteiger partial charge in [-0.1, -0.05) is 6.92 Å². The van der Waals surface area contributed by atoms with Crippen LogP contribution in [0, 0.1) is 6.20 Å². The fourth-order valence-corrected chi connectivity index (χ4v) is 0.704. The molecular weight excluding hydrogens is 112 g/mol. The maximum atomic E-state index is 5.51. The summed E-state index contributed by atoms with van der Waals surface area (Å²) in [5, 5.41) is 0. The maximum absolute atomic E-state index is 5.51. The van der Waals surface area contributed by atoms with E-state index in [-0.39, 0.29) is 0 Å². The van der Waals surface area contributed by atoms with Crippen molar-refractivity contribution in [3.8, 4) is 0 Å². The van der Waals surface area contributed by atoms with Crippen molar-refractivity contribution in [3.63, 3.8) is 0 Å². The first-order chi connectivity index (χ1) is 4.34. The first-order valence-corrected chi connectivity index (χ1v) is 2.95. The van der Waals surface area contributed by atoms with Crippen LogP contribution in [0.4, 0.5) is 5.69 Å². The van der Waals surface area contributed by atoms with Gasteiger partial charge in [0.15, 0.2) is 0 Å². The van der Waals surface area contributed by atoms with E-state index in [0.717, 1.165) is 12.0 Å². The number of hydrogen-bond acceptors (Lipinski definition) is 2. The molecule has 1 radical (unpaired) electrons. The van der Waals surface area contributed by atoms with Crippen LogP contribution in [0.3, 0.4) is 0 Å². The number of anilines is 1. The van der Waals surface area contributed by atoms with Gasteiger partial charge in [0.2, 0.25) is 0 Å². The molecule has 2 heteroatoms. The van der Waals surface area contributed by atoms with Crippen molar-refractivity contribution in [3.05, 3.63) is 24.0 Å². The van der Waals surface area contributed by atoms with Crippen LogP contribution in [0.1, 0.15) is 12.5 Å². The van der Waals surface area contributed by atoms with E-state index in [9.17, 15) is 0 Å². The van der Waals surface area contributed by atoms with E-state index < -0.39 is 0 Å². The topological polar surface area (TPSA) is 38.9 Å². The Balaban J connectivity index is 3.01. The highest BCUT2D eigenvalue weighted by molar-refractivity contribution is 5.42. The Kier molecular flexibility index (Phi) is 1.68. The zero-order valence-electron chi connectivity index (χ0n) is 5.39. The third-order valence-corrected chi connectivity index (χ3v) is 1.26. The Morgan fingerprint density at radius 1 is 1.78 bits per heavy atom. The molecule has 0 saturated heterocycles. The molecule has 0 saturated carbocycles. The van der Waals surface area contributed by atoms with Gasteiger partial charge in [-0.05, 0) is 18.1 Å². The number of pyridine rings is 1. The molecule has 0 unspecified atom stereocenters. The van der Waals surface area contributed by atoms with Gasteiger partial charge in [-0.2, -0.15) is 0 Å². The lowest BCUT2D eigenvalue weighted by molar-refractivity contribution is 1.12. The number of nitrogen functional groups attached to an aromatic ring is 1. The SMILES string of the molecule is CCc1ccn[c]c1N. The number of hydrogen-bond donors (Lipinski definition) is 1. The molecule has 1 aromatic heterocycles.